The Labute approximate surface area is 146 Å². The molecule has 0 aromatic heterocycles. The van der Waals surface area contributed by atoms with Crippen molar-refractivity contribution in [3.8, 4) is 0 Å². The zero-order valence-corrected chi connectivity index (χ0v) is 17.9. The summed E-state index contributed by atoms with van der Waals surface area (Å²) in [6, 6.07) is 0. The molecular weight excluding hydrogens is 282 g/mol. The van der Waals surface area contributed by atoms with Crippen LogP contribution in [0, 0.1) is 22.2 Å². The molecule has 0 radical (unpaired) electrons. The van der Waals surface area contributed by atoms with Crippen LogP contribution in [-0.2, 0) is 0 Å². The van der Waals surface area contributed by atoms with Crippen LogP contribution in [-0.4, -0.2) is 36.8 Å². The van der Waals surface area contributed by atoms with Crippen molar-refractivity contribution < 1.29 is 9.59 Å². The molecule has 0 aliphatic heterocycles. The van der Waals surface area contributed by atoms with E-state index in [0.29, 0.717) is 11.3 Å². The minimum absolute atomic E-state index is 0.00143. The van der Waals surface area contributed by atoms with Gasteiger partial charge in [0.25, 0.3) is 0 Å². The summed E-state index contributed by atoms with van der Waals surface area (Å²) in [5.74, 6) is 0.658. The third-order valence-corrected chi connectivity index (χ3v) is 6.00. The number of allylic oxidation sites excluding steroid dienone is 1. The van der Waals surface area contributed by atoms with Gasteiger partial charge in [-0.15, -0.1) is 0 Å². The van der Waals surface area contributed by atoms with Crippen molar-refractivity contribution in [1.82, 2.24) is 0 Å². The maximum absolute atomic E-state index is 9.44. The largest absolute Gasteiger partial charge is 0.516 e. The Morgan fingerprint density at radius 3 is 1.91 bits per heavy atom. The van der Waals surface area contributed by atoms with Crippen LogP contribution in [0.1, 0.15) is 75.2 Å². The van der Waals surface area contributed by atoms with E-state index in [1.54, 1.807) is 0 Å². The molecule has 2 heteroatoms. The molecule has 0 heterocycles. The molecule has 0 spiro atoms. The van der Waals surface area contributed by atoms with E-state index in [1.807, 2.05) is 6.92 Å². The first-order valence-electron chi connectivity index (χ1n) is 9.17. The predicted octanol–water partition coefficient (Wildman–Crippen LogP) is 6.04. The van der Waals surface area contributed by atoms with Gasteiger partial charge >= 0.3 is 0 Å². The highest BCUT2D eigenvalue weighted by Gasteiger charge is 2.40. The van der Waals surface area contributed by atoms with Gasteiger partial charge in [0.2, 0.25) is 0 Å². The average molecular weight is 327 g/mol. The number of aliphatic hydroxyl groups excluding tert-OH is 1. The van der Waals surface area contributed by atoms with Gasteiger partial charge in [-0.3, -0.25) is 0 Å². The lowest BCUT2D eigenvalue weighted by Crippen LogP contribution is -2.46. The van der Waals surface area contributed by atoms with Crippen LogP contribution < -0.4 is 0 Å². The summed E-state index contributed by atoms with van der Waals surface area (Å²) in [5, 5.41) is 9.44. The highest BCUT2D eigenvalue weighted by molar-refractivity contribution is 5.11. The van der Waals surface area contributed by atoms with Crippen molar-refractivity contribution in [2.75, 3.05) is 27.2 Å². The fraction of sp³-hybridized carbons (Fsp3) is 0.905. The SMILES string of the molecule is CC(=CO)C(C)(C)C(C)(C)CC(C)C[N+](C)(C)CCC(C)(C)C. The van der Waals surface area contributed by atoms with Crippen molar-refractivity contribution in [3.63, 3.8) is 0 Å². The monoisotopic (exact) mass is 326 g/mol. The van der Waals surface area contributed by atoms with E-state index in [1.165, 1.54) is 32.2 Å². The molecule has 1 N–H and O–H groups in total. The minimum atomic E-state index is -0.00143. The third-order valence-electron chi connectivity index (χ3n) is 6.00. The summed E-state index contributed by atoms with van der Waals surface area (Å²) in [6.45, 7) is 23.0. The van der Waals surface area contributed by atoms with Gasteiger partial charge in [-0.05, 0) is 35.2 Å². The number of nitrogens with zero attached hydrogens (tertiary/aromatic N) is 1. The predicted molar refractivity (Wildman–Crippen MR) is 104 cm³/mol. The van der Waals surface area contributed by atoms with Crippen molar-refractivity contribution in [2.24, 2.45) is 22.2 Å². The zero-order chi connectivity index (χ0) is 18.7. The first-order chi connectivity index (χ1) is 10.0. The normalized spacial score (nSPS) is 16.6. The quantitative estimate of drug-likeness (QED) is 0.426. The van der Waals surface area contributed by atoms with Gasteiger partial charge in [0.15, 0.2) is 0 Å². The minimum Gasteiger partial charge on any atom is -0.516 e. The molecule has 23 heavy (non-hydrogen) atoms. The van der Waals surface area contributed by atoms with Gasteiger partial charge in [0, 0.05) is 12.3 Å². The molecule has 0 saturated heterocycles. The standard InChI is InChI=1S/C21H43NO/c1-17(15-22(10,11)13-12-19(3,4)5)14-20(6,7)21(8,9)18(2)16-23/h16-17H,12-15H2,1-11H3/p+1. The second-order valence-corrected chi connectivity index (χ2v) is 10.8. The van der Waals surface area contributed by atoms with E-state index in [4.69, 9.17) is 0 Å². The Morgan fingerprint density at radius 2 is 1.52 bits per heavy atom. The Morgan fingerprint density at radius 1 is 1.04 bits per heavy atom. The van der Waals surface area contributed by atoms with Gasteiger partial charge in [-0.1, -0.05) is 55.4 Å². The van der Waals surface area contributed by atoms with Crippen LogP contribution in [0.3, 0.4) is 0 Å². The summed E-state index contributed by atoms with van der Waals surface area (Å²) >= 11 is 0. The topological polar surface area (TPSA) is 20.2 Å². The number of rotatable bonds is 8. The fourth-order valence-electron chi connectivity index (χ4n) is 3.46. The maximum atomic E-state index is 9.44. The molecule has 2 nitrogen and oxygen atoms in total. The molecule has 1 atom stereocenters. The molecule has 1 unspecified atom stereocenters. The van der Waals surface area contributed by atoms with Crippen LogP contribution in [0.5, 0.6) is 0 Å². The second-order valence-electron chi connectivity index (χ2n) is 10.8. The van der Waals surface area contributed by atoms with E-state index in [2.05, 4.69) is 69.5 Å². The van der Waals surface area contributed by atoms with Crippen molar-refractivity contribution in [2.45, 2.75) is 75.2 Å². The zero-order valence-electron chi connectivity index (χ0n) is 17.9. The molecule has 0 aromatic rings. The summed E-state index contributed by atoms with van der Waals surface area (Å²) in [5.41, 5.74) is 1.62. The van der Waals surface area contributed by atoms with Crippen molar-refractivity contribution >= 4 is 0 Å². The van der Waals surface area contributed by atoms with Crippen LogP contribution in [0.2, 0.25) is 0 Å². The van der Waals surface area contributed by atoms with E-state index in [0.717, 1.165) is 10.1 Å². The van der Waals surface area contributed by atoms with Gasteiger partial charge < -0.3 is 9.59 Å². The number of hydrogen-bond acceptors (Lipinski definition) is 1. The molecule has 0 aromatic carbocycles. The highest BCUT2D eigenvalue weighted by atomic mass is 16.2. The molecule has 0 fully saturated rings. The third kappa shape index (κ3) is 7.28. The van der Waals surface area contributed by atoms with Crippen molar-refractivity contribution in [3.05, 3.63) is 11.8 Å². The summed E-state index contributed by atoms with van der Waals surface area (Å²) in [4.78, 5) is 0. The van der Waals surface area contributed by atoms with Gasteiger partial charge in [-0.25, -0.2) is 0 Å². The number of aliphatic hydroxyl groups is 1. The Kier molecular flexibility index (Phi) is 7.43. The number of hydrogen-bond donors (Lipinski definition) is 1. The van der Waals surface area contributed by atoms with E-state index in [9.17, 15) is 5.11 Å². The van der Waals surface area contributed by atoms with Crippen molar-refractivity contribution in [1.29, 1.82) is 0 Å². The maximum Gasteiger partial charge on any atom is 0.0808 e. The fourth-order valence-corrected chi connectivity index (χ4v) is 3.46. The molecule has 0 amide bonds. The van der Waals surface area contributed by atoms with Crippen LogP contribution in [0.4, 0.5) is 0 Å². The summed E-state index contributed by atoms with van der Waals surface area (Å²) < 4.78 is 1.09. The summed E-state index contributed by atoms with van der Waals surface area (Å²) in [6.07, 6.45) is 3.71. The Balaban J connectivity index is 4.84. The molecule has 0 rings (SSSR count). The smallest absolute Gasteiger partial charge is 0.0808 e. The first-order valence-corrected chi connectivity index (χ1v) is 9.17. The van der Waals surface area contributed by atoms with Crippen LogP contribution in [0.15, 0.2) is 11.8 Å². The van der Waals surface area contributed by atoms with E-state index < -0.39 is 0 Å². The summed E-state index contributed by atoms with van der Waals surface area (Å²) in [7, 11) is 4.72. The lowest BCUT2D eigenvalue weighted by molar-refractivity contribution is -0.894. The Bertz CT molecular complexity index is 397. The van der Waals surface area contributed by atoms with Crippen LogP contribution >= 0.6 is 0 Å². The second kappa shape index (κ2) is 7.59. The molecule has 138 valence electrons. The number of quaternary nitrogens is 1. The molecule has 0 aliphatic rings. The van der Waals surface area contributed by atoms with Gasteiger partial charge in [0.05, 0.1) is 33.4 Å². The molecular formula is C21H44NO+. The first kappa shape index (κ1) is 22.5. The van der Waals surface area contributed by atoms with Gasteiger partial charge in [-0.2, -0.15) is 0 Å². The Hall–Kier alpha value is -0.500. The van der Waals surface area contributed by atoms with E-state index in [-0.39, 0.29) is 10.8 Å². The van der Waals surface area contributed by atoms with Gasteiger partial charge in [0.1, 0.15) is 0 Å². The molecule has 0 saturated carbocycles. The highest BCUT2D eigenvalue weighted by Crippen LogP contribution is 2.48. The van der Waals surface area contributed by atoms with Crippen LogP contribution in [0.25, 0.3) is 0 Å². The lowest BCUT2D eigenvalue weighted by Gasteiger charge is -2.45. The average Bonchev–Trinajstić information content (AvgIpc) is 2.33. The lowest BCUT2D eigenvalue weighted by atomic mass is 9.61. The van der Waals surface area contributed by atoms with E-state index >= 15 is 0 Å². The molecule has 0 bridgehead atoms. The molecule has 0 aliphatic carbocycles.